The van der Waals surface area contributed by atoms with Crippen molar-refractivity contribution in [2.75, 3.05) is 11.9 Å². The lowest BCUT2D eigenvalue weighted by molar-refractivity contribution is 0.0687. The minimum atomic E-state index is -0.802. The van der Waals surface area contributed by atoms with E-state index in [1.165, 1.54) is 92.0 Å². The monoisotopic (exact) mass is 680 g/mol. The molecule has 2 aliphatic heterocycles. The Hall–Kier alpha value is -7.21. The second kappa shape index (κ2) is 12.7. The molecule has 0 N–H and O–H groups in total. The third-order valence-corrected chi connectivity index (χ3v) is 8.29. The standard InChI is InChI=1S/C39H24N2O10/c1-21-3-5-22(6-4-21)37(46)49-26-11-9-25(10-12-26)41-35(44)30-18-8-24(20-32(30)36(41)45)39(48)51-28-15-13-27(14-16-28)50-38(47)23-7-17-29-31(19-23)34(43)40(2)33(29)42/h3-20H,1-2H3. The molecule has 0 unspecified atom stereocenters. The lowest BCUT2D eigenvalue weighted by Gasteiger charge is -2.14. The molecule has 0 radical (unpaired) electrons. The molecule has 5 aromatic carbocycles. The zero-order valence-corrected chi connectivity index (χ0v) is 26.9. The van der Waals surface area contributed by atoms with E-state index in [0.29, 0.717) is 5.56 Å². The summed E-state index contributed by atoms with van der Waals surface area (Å²) in [5.74, 6) is -3.87. The van der Waals surface area contributed by atoms with Crippen LogP contribution in [-0.2, 0) is 0 Å². The maximum absolute atomic E-state index is 13.3. The van der Waals surface area contributed by atoms with Gasteiger partial charge in [0.15, 0.2) is 0 Å². The van der Waals surface area contributed by atoms with Crippen LogP contribution in [0.4, 0.5) is 5.69 Å². The molecule has 12 heteroatoms. The molecule has 2 aliphatic rings. The van der Waals surface area contributed by atoms with Crippen LogP contribution in [0.5, 0.6) is 17.2 Å². The number of esters is 3. The first kappa shape index (κ1) is 32.3. The van der Waals surface area contributed by atoms with E-state index in [4.69, 9.17) is 14.2 Å². The van der Waals surface area contributed by atoms with E-state index >= 15 is 0 Å². The van der Waals surface area contributed by atoms with Gasteiger partial charge in [-0.1, -0.05) is 17.7 Å². The first-order valence-corrected chi connectivity index (χ1v) is 15.4. The van der Waals surface area contributed by atoms with Gasteiger partial charge in [-0.25, -0.2) is 19.3 Å². The minimum absolute atomic E-state index is 0.0100. The highest BCUT2D eigenvalue weighted by Gasteiger charge is 2.37. The topological polar surface area (TPSA) is 154 Å². The maximum atomic E-state index is 13.3. The highest BCUT2D eigenvalue weighted by Crippen LogP contribution is 2.31. The van der Waals surface area contributed by atoms with E-state index in [1.54, 1.807) is 24.3 Å². The van der Waals surface area contributed by atoms with Crippen molar-refractivity contribution in [2.24, 2.45) is 0 Å². The highest BCUT2D eigenvalue weighted by atomic mass is 16.5. The van der Waals surface area contributed by atoms with Crippen LogP contribution in [-0.4, -0.2) is 53.5 Å². The van der Waals surface area contributed by atoms with Crippen molar-refractivity contribution < 1.29 is 47.8 Å². The van der Waals surface area contributed by atoms with Crippen LogP contribution in [0.1, 0.15) is 78.1 Å². The number of fused-ring (bicyclic) bond motifs is 2. The van der Waals surface area contributed by atoms with Crippen molar-refractivity contribution in [3.63, 3.8) is 0 Å². The number of benzene rings is 5. The number of aryl methyl sites for hydroxylation is 1. The van der Waals surface area contributed by atoms with Gasteiger partial charge in [0, 0.05) is 7.05 Å². The molecule has 5 aromatic rings. The van der Waals surface area contributed by atoms with Crippen LogP contribution in [0.15, 0.2) is 109 Å². The number of hydrogen-bond acceptors (Lipinski definition) is 10. The molecule has 250 valence electrons. The molecule has 0 fully saturated rings. The van der Waals surface area contributed by atoms with E-state index in [9.17, 15) is 33.6 Å². The maximum Gasteiger partial charge on any atom is 0.343 e. The summed E-state index contributed by atoms with van der Waals surface area (Å²) in [6, 6.07) is 26.5. The number of carbonyl (C=O) groups excluding carboxylic acids is 7. The van der Waals surface area contributed by atoms with E-state index in [1.807, 2.05) is 6.92 Å². The van der Waals surface area contributed by atoms with Gasteiger partial charge in [0.25, 0.3) is 23.6 Å². The van der Waals surface area contributed by atoms with E-state index < -0.39 is 41.5 Å². The number of ether oxygens (including phenoxy) is 3. The lowest BCUT2D eigenvalue weighted by atomic mass is 10.1. The number of hydrogen-bond donors (Lipinski definition) is 0. The van der Waals surface area contributed by atoms with Gasteiger partial charge in [-0.15, -0.1) is 0 Å². The number of nitrogens with zero attached hydrogens (tertiary/aromatic N) is 2. The number of imide groups is 2. The van der Waals surface area contributed by atoms with Crippen molar-refractivity contribution in [1.29, 1.82) is 0 Å². The van der Waals surface area contributed by atoms with Gasteiger partial charge < -0.3 is 14.2 Å². The smallest absolute Gasteiger partial charge is 0.343 e. The number of anilines is 1. The molecule has 0 atom stereocenters. The van der Waals surface area contributed by atoms with E-state index in [0.717, 1.165) is 15.4 Å². The van der Waals surface area contributed by atoms with Crippen LogP contribution in [0.25, 0.3) is 0 Å². The van der Waals surface area contributed by atoms with Gasteiger partial charge in [-0.05, 0) is 104 Å². The van der Waals surface area contributed by atoms with Crippen LogP contribution in [0, 0.1) is 6.92 Å². The normalized spacial score (nSPS) is 13.2. The number of rotatable bonds is 7. The molecular weight excluding hydrogens is 656 g/mol. The van der Waals surface area contributed by atoms with Gasteiger partial charge in [0.2, 0.25) is 0 Å². The zero-order chi connectivity index (χ0) is 36.0. The molecule has 0 spiro atoms. The quantitative estimate of drug-likeness (QED) is 0.119. The van der Waals surface area contributed by atoms with Gasteiger partial charge in [0.1, 0.15) is 17.2 Å². The Morgan fingerprint density at radius 3 is 1.33 bits per heavy atom. The summed E-state index contributed by atoms with van der Waals surface area (Å²) >= 11 is 0. The first-order chi connectivity index (χ1) is 24.5. The Labute approximate surface area is 289 Å². The number of carbonyl (C=O) groups is 7. The third kappa shape index (κ3) is 6.02. The van der Waals surface area contributed by atoms with E-state index in [2.05, 4.69) is 0 Å². The van der Waals surface area contributed by atoms with Crippen molar-refractivity contribution in [3.8, 4) is 17.2 Å². The van der Waals surface area contributed by atoms with Crippen LogP contribution < -0.4 is 19.1 Å². The minimum Gasteiger partial charge on any atom is -0.423 e. The average Bonchev–Trinajstić information content (AvgIpc) is 3.51. The molecule has 0 bridgehead atoms. The Morgan fingerprint density at radius 2 is 0.824 bits per heavy atom. The predicted octanol–water partition coefficient (Wildman–Crippen LogP) is 5.68. The SMILES string of the molecule is Cc1ccc(C(=O)Oc2ccc(N3C(=O)c4ccc(C(=O)Oc5ccc(OC(=O)c6ccc7c(c6)C(=O)N(C)C7=O)cc5)cc4C3=O)cc2)cc1. The van der Waals surface area contributed by atoms with Crippen LogP contribution in [0.3, 0.4) is 0 Å². The highest BCUT2D eigenvalue weighted by molar-refractivity contribution is 6.34. The molecule has 2 heterocycles. The summed E-state index contributed by atoms with van der Waals surface area (Å²) in [4.78, 5) is 91.0. The summed E-state index contributed by atoms with van der Waals surface area (Å²) in [6.07, 6.45) is 0. The molecule has 7 rings (SSSR count). The van der Waals surface area contributed by atoms with Crippen LogP contribution >= 0.6 is 0 Å². The summed E-state index contributed by atoms with van der Waals surface area (Å²) in [5, 5.41) is 0. The second-order valence-electron chi connectivity index (χ2n) is 11.6. The fourth-order valence-electron chi connectivity index (χ4n) is 5.52. The fraction of sp³-hybridized carbons (Fsp3) is 0.0513. The Bertz CT molecular complexity index is 2330. The largest absolute Gasteiger partial charge is 0.423 e. The first-order valence-electron chi connectivity index (χ1n) is 15.4. The molecule has 0 saturated heterocycles. The van der Waals surface area contributed by atoms with Gasteiger partial charge in [-0.3, -0.25) is 24.1 Å². The molecule has 12 nitrogen and oxygen atoms in total. The number of amides is 4. The van der Waals surface area contributed by atoms with E-state index in [-0.39, 0.29) is 56.3 Å². The molecule has 51 heavy (non-hydrogen) atoms. The van der Waals surface area contributed by atoms with Crippen molar-refractivity contribution in [2.45, 2.75) is 6.92 Å². The van der Waals surface area contributed by atoms with Crippen molar-refractivity contribution in [3.05, 3.63) is 154 Å². The Balaban J connectivity index is 0.985. The molecule has 0 aromatic heterocycles. The average molecular weight is 681 g/mol. The second-order valence-corrected chi connectivity index (χ2v) is 11.6. The summed E-state index contributed by atoms with van der Waals surface area (Å²) in [7, 11) is 1.35. The van der Waals surface area contributed by atoms with Gasteiger partial charge >= 0.3 is 17.9 Å². The summed E-state index contributed by atoms with van der Waals surface area (Å²) in [6.45, 7) is 1.90. The molecule has 0 saturated carbocycles. The summed E-state index contributed by atoms with van der Waals surface area (Å²) in [5.41, 5.74) is 2.12. The third-order valence-electron chi connectivity index (χ3n) is 8.29. The lowest BCUT2D eigenvalue weighted by Crippen LogP contribution is -2.29. The van der Waals surface area contributed by atoms with Crippen LogP contribution in [0.2, 0.25) is 0 Å². The van der Waals surface area contributed by atoms with Gasteiger partial charge in [0.05, 0.1) is 44.6 Å². The summed E-state index contributed by atoms with van der Waals surface area (Å²) < 4.78 is 16.2. The Morgan fingerprint density at radius 1 is 0.451 bits per heavy atom. The van der Waals surface area contributed by atoms with Gasteiger partial charge in [-0.2, -0.15) is 0 Å². The van der Waals surface area contributed by atoms with Crippen molar-refractivity contribution in [1.82, 2.24) is 4.90 Å². The fourth-order valence-corrected chi connectivity index (χ4v) is 5.52. The Kier molecular flexibility index (Phi) is 8.04. The molecular formula is C39H24N2O10. The predicted molar refractivity (Wildman–Crippen MR) is 179 cm³/mol. The molecule has 4 amide bonds. The van der Waals surface area contributed by atoms with Crippen molar-refractivity contribution >= 4 is 47.2 Å². The zero-order valence-electron chi connectivity index (χ0n) is 26.9. The molecule has 0 aliphatic carbocycles.